The van der Waals surface area contributed by atoms with Crippen molar-refractivity contribution in [3.05, 3.63) is 114 Å². The van der Waals surface area contributed by atoms with Crippen LogP contribution < -0.4 is 0 Å². The van der Waals surface area contributed by atoms with Crippen molar-refractivity contribution in [1.29, 1.82) is 0 Å². The van der Waals surface area contributed by atoms with E-state index in [0.29, 0.717) is 6.54 Å². The highest BCUT2D eigenvalue weighted by molar-refractivity contribution is 6.30. The maximum atomic E-state index is 5.98. The summed E-state index contributed by atoms with van der Waals surface area (Å²) < 4.78 is 1.70. The normalized spacial score (nSPS) is 11.7. The van der Waals surface area contributed by atoms with Gasteiger partial charge in [0.15, 0.2) is 0 Å². The van der Waals surface area contributed by atoms with Crippen molar-refractivity contribution in [3.63, 3.8) is 0 Å². The van der Waals surface area contributed by atoms with E-state index in [1.54, 1.807) is 17.3 Å². The van der Waals surface area contributed by atoms with Crippen molar-refractivity contribution in [2.75, 3.05) is 0 Å². The summed E-state index contributed by atoms with van der Waals surface area (Å²) >= 11 is 5.98. The van der Waals surface area contributed by atoms with Crippen molar-refractivity contribution < 1.29 is 4.84 Å². The van der Waals surface area contributed by atoms with E-state index in [1.807, 2.05) is 72.8 Å². The molecule has 148 valence electrons. The number of nitrogens with zero attached hydrogens (tertiary/aromatic N) is 4. The molecule has 0 saturated heterocycles. The molecule has 0 amide bonds. The molecule has 0 saturated carbocycles. The molecule has 0 aliphatic carbocycles. The Hall–Kier alpha value is -3.70. The van der Waals surface area contributed by atoms with Crippen molar-refractivity contribution >= 4 is 23.4 Å². The lowest BCUT2D eigenvalue weighted by Crippen LogP contribution is -2.12. The predicted octanol–water partition coefficient (Wildman–Crippen LogP) is 5.69. The largest absolute Gasteiger partial charge is 0.364 e. The molecule has 0 spiro atoms. The Bertz CT molecular complexity index is 1120. The highest BCUT2D eigenvalue weighted by atomic mass is 35.5. The van der Waals surface area contributed by atoms with E-state index in [1.165, 1.54) is 6.33 Å². The molecule has 1 aromatic heterocycles. The summed E-state index contributed by atoms with van der Waals surface area (Å²) in [4.78, 5) is 9.46. The molecule has 5 nitrogen and oxygen atoms in total. The van der Waals surface area contributed by atoms with Gasteiger partial charge < -0.3 is 4.84 Å². The molecule has 0 bridgehead atoms. The smallest absolute Gasteiger partial charge is 0.137 e. The average Bonchev–Trinajstić information content (AvgIpc) is 3.30. The van der Waals surface area contributed by atoms with Crippen LogP contribution in [0.1, 0.15) is 11.1 Å². The fourth-order valence-corrected chi connectivity index (χ4v) is 3.03. The first-order valence-electron chi connectivity index (χ1n) is 9.41. The summed E-state index contributed by atoms with van der Waals surface area (Å²) in [6, 6.07) is 25.8. The third-order valence-corrected chi connectivity index (χ3v) is 4.71. The number of benzene rings is 3. The van der Waals surface area contributed by atoms with Gasteiger partial charge in [-0.1, -0.05) is 83.5 Å². The molecule has 0 aliphatic rings. The molecular formula is C24H19ClN4O. The maximum Gasteiger partial charge on any atom is 0.137 e. The molecule has 6 heteroatoms. The zero-order valence-corrected chi connectivity index (χ0v) is 16.9. The molecule has 0 aliphatic heterocycles. The van der Waals surface area contributed by atoms with E-state index in [4.69, 9.17) is 16.4 Å². The zero-order chi connectivity index (χ0) is 20.6. The summed E-state index contributed by atoms with van der Waals surface area (Å²) in [6.45, 7) is 0.444. The van der Waals surface area contributed by atoms with E-state index >= 15 is 0 Å². The molecular weight excluding hydrogens is 396 g/mol. The lowest BCUT2D eigenvalue weighted by atomic mass is 10.0. The van der Waals surface area contributed by atoms with Crippen LogP contribution in [0, 0.1) is 0 Å². The van der Waals surface area contributed by atoms with E-state index in [-0.39, 0.29) is 0 Å². The standard InChI is InChI=1S/C24H19ClN4O/c25-23-12-10-21(11-13-23)20-6-8-22(9-7-20)24(16-29-18-26-17-27-29)28-30-15-14-19-4-2-1-3-5-19/h1-15,17-18H,16H2. The summed E-state index contributed by atoms with van der Waals surface area (Å²) in [5.74, 6) is 0. The van der Waals surface area contributed by atoms with Gasteiger partial charge in [-0.25, -0.2) is 9.67 Å². The number of hydrogen-bond acceptors (Lipinski definition) is 4. The van der Waals surface area contributed by atoms with Crippen LogP contribution in [0.15, 0.2) is 103 Å². The lowest BCUT2D eigenvalue weighted by Gasteiger charge is -2.08. The summed E-state index contributed by atoms with van der Waals surface area (Å²) in [5, 5.41) is 9.21. The van der Waals surface area contributed by atoms with Crippen LogP contribution in [0.5, 0.6) is 0 Å². The predicted molar refractivity (Wildman–Crippen MR) is 120 cm³/mol. The molecule has 0 unspecified atom stereocenters. The van der Waals surface area contributed by atoms with Crippen molar-refractivity contribution in [3.8, 4) is 11.1 Å². The lowest BCUT2D eigenvalue weighted by molar-refractivity contribution is 0.269. The number of oxime groups is 1. The van der Waals surface area contributed by atoms with Gasteiger partial charge >= 0.3 is 0 Å². The number of hydrogen-bond donors (Lipinski definition) is 0. The Morgan fingerprint density at radius 1 is 0.933 bits per heavy atom. The van der Waals surface area contributed by atoms with Gasteiger partial charge in [-0.2, -0.15) is 5.10 Å². The molecule has 30 heavy (non-hydrogen) atoms. The Morgan fingerprint density at radius 2 is 1.63 bits per heavy atom. The number of halogens is 1. The SMILES string of the molecule is Clc1ccc(-c2ccc(C(Cn3cncn3)=NOC=Cc3ccccc3)cc2)cc1. The van der Waals surface area contributed by atoms with Crippen LogP contribution in [0.2, 0.25) is 5.02 Å². The van der Waals surface area contributed by atoms with Crippen molar-refractivity contribution in [2.45, 2.75) is 6.54 Å². The molecule has 0 fully saturated rings. The van der Waals surface area contributed by atoms with Crippen molar-refractivity contribution in [1.82, 2.24) is 14.8 Å². The molecule has 1 heterocycles. The summed E-state index contributed by atoms with van der Waals surface area (Å²) in [6.07, 6.45) is 6.58. The van der Waals surface area contributed by atoms with Gasteiger partial charge in [-0.05, 0) is 34.9 Å². The van der Waals surface area contributed by atoms with Crippen LogP contribution in [-0.2, 0) is 11.4 Å². The molecule has 4 aromatic rings. The molecule has 0 radical (unpaired) electrons. The highest BCUT2D eigenvalue weighted by Crippen LogP contribution is 2.22. The van der Waals surface area contributed by atoms with E-state index < -0.39 is 0 Å². The second-order valence-electron chi connectivity index (χ2n) is 6.53. The highest BCUT2D eigenvalue weighted by Gasteiger charge is 2.08. The second kappa shape index (κ2) is 9.67. The third-order valence-electron chi connectivity index (χ3n) is 4.46. The fourth-order valence-electron chi connectivity index (χ4n) is 2.91. The topological polar surface area (TPSA) is 52.3 Å². The van der Waals surface area contributed by atoms with Crippen LogP contribution in [0.25, 0.3) is 17.2 Å². The summed E-state index contributed by atoms with van der Waals surface area (Å²) in [7, 11) is 0. The van der Waals surface area contributed by atoms with Gasteiger partial charge in [0.2, 0.25) is 0 Å². The first-order chi connectivity index (χ1) is 14.8. The monoisotopic (exact) mass is 414 g/mol. The van der Waals surface area contributed by atoms with Crippen LogP contribution in [-0.4, -0.2) is 20.5 Å². The van der Waals surface area contributed by atoms with Crippen LogP contribution in [0.3, 0.4) is 0 Å². The van der Waals surface area contributed by atoms with Gasteiger partial charge in [-0.15, -0.1) is 0 Å². The quantitative estimate of drug-likeness (QED) is 0.222. The average molecular weight is 415 g/mol. The minimum Gasteiger partial charge on any atom is -0.364 e. The first-order valence-corrected chi connectivity index (χ1v) is 9.79. The van der Waals surface area contributed by atoms with Crippen molar-refractivity contribution in [2.24, 2.45) is 5.16 Å². The van der Waals surface area contributed by atoms with Crippen LogP contribution in [0.4, 0.5) is 0 Å². The molecule has 3 aromatic carbocycles. The van der Waals surface area contributed by atoms with Gasteiger partial charge in [0.05, 0.1) is 6.54 Å². The number of aromatic nitrogens is 3. The number of rotatable bonds is 7. The molecule has 0 atom stereocenters. The second-order valence-corrected chi connectivity index (χ2v) is 6.97. The van der Waals surface area contributed by atoms with Gasteiger partial charge in [-0.3, -0.25) is 0 Å². The minimum atomic E-state index is 0.444. The van der Waals surface area contributed by atoms with Gasteiger partial charge in [0, 0.05) is 10.6 Å². The fraction of sp³-hybridized carbons (Fsp3) is 0.0417. The first kappa shape index (κ1) is 19.6. The molecule has 0 N–H and O–H groups in total. The summed E-state index contributed by atoms with van der Waals surface area (Å²) in [5.41, 5.74) is 4.92. The molecule has 4 rings (SSSR count). The Balaban J connectivity index is 1.54. The minimum absolute atomic E-state index is 0.444. The van der Waals surface area contributed by atoms with Gasteiger partial charge in [0.1, 0.15) is 24.6 Å². The van der Waals surface area contributed by atoms with E-state index in [0.717, 1.165) is 33.0 Å². The maximum absolute atomic E-state index is 5.98. The Morgan fingerprint density at radius 3 is 2.30 bits per heavy atom. The third kappa shape index (κ3) is 5.21. The van der Waals surface area contributed by atoms with E-state index in [9.17, 15) is 0 Å². The van der Waals surface area contributed by atoms with E-state index in [2.05, 4.69) is 27.4 Å². The zero-order valence-electron chi connectivity index (χ0n) is 16.1. The van der Waals surface area contributed by atoms with Gasteiger partial charge in [0.25, 0.3) is 0 Å². The Labute approximate surface area is 179 Å². The van der Waals surface area contributed by atoms with Crippen LogP contribution >= 0.6 is 11.6 Å². The Kier molecular flexibility index (Phi) is 6.32.